The zero-order valence-corrected chi connectivity index (χ0v) is 12.1. The molecular weight excluding hydrogens is 250 g/mol. The summed E-state index contributed by atoms with van der Waals surface area (Å²) in [5.74, 6) is 0. The molecule has 3 heteroatoms. The summed E-state index contributed by atoms with van der Waals surface area (Å²) >= 11 is 0. The first-order chi connectivity index (χ1) is 9.56. The van der Waals surface area contributed by atoms with Gasteiger partial charge < -0.3 is 4.74 Å². The molecular formula is C17H19NO2. The molecule has 104 valence electrons. The Labute approximate surface area is 119 Å². The Balaban J connectivity index is 1.98. The van der Waals surface area contributed by atoms with Crippen molar-refractivity contribution >= 4 is 11.8 Å². The molecule has 0 fully saturated rings. The van der Waals surface area contributed by atoms with E-state index in [-0.39, 0.29) is 6.61 Å². The van der Waals surface area contributed by atoms with Crippen LogP contribution in [0.15, 0.2) is 42.5 Å². The zero-order valence-electron chi connectivity index (χ0n) is 12.1. The Morgan fingerprint density at radius 1 is 1.05 bits per heavy atom. The standard InChI is InChI=1S/C17H19NO2/c1-12-9-13(2)16(14(3)10-12)18-17(19)20-11-15-7-5-4-6-8-15/h4-10H,11H2,1-3H3,(H,18,19). The molecule has 0 aromatic heterocycles. The number of carbonyl (C=O) groups is 1. The summed E-state index contributed by atoms with van der Waals surface area (Å²) in [6.45, 7) is 6.27. The smallest absolute Gasteiger partial charge is 0.411 e. The minimum absolute atomic E-state index is 0.274. The van der Waals surface area contributed by atoms with Gasteiger partial charge in [-0.05, 0) is 37.5 Å². The fourth-order valence-electron chi connectivity index (χ4n) is 2.24. The third-order valence-corrected chi connectivity index (χ3v) is 3.12. The highest BCUT2D eigenvalue weighted by molar-refractivity contribution is 5.86. The monoisotopic (exact) mass is 269 g/mol. The normalized spacial score (nSPS) is 10.2. The van der Waals surface area contributed by atoms with Crippen molar-refractivity contribution in [3.63, 3.8) is 0 Å². The van der Waals surface area contributed by atoms with Crippen LogP contribution in [0.2, 0.25) is 0 Å². The Hall–Kier alpha value is -2.29. The summed E-state index contributed by atoms with van der Waals surface area (Å²) < 4.78 is 5.22. The lowest BCUT2D eigenvalue weighted by atomic mass is 10.1. The van der Waals surface area contributed by atoms with Crippen molar-refractivity contribution in [1.29, 1.82) is 0 Å². The minimum atomic E-state index is -0.427. The highest BCUT2D eigenvalue weighted by Gasteiger charge is 2.09. The van der Waals surface area contributed by atoms with Gasteiger partial charge in [-0.1, -0.05) is 48.0 Å². The Morgan fingerprint density at radius 2 is 1.65 bits per heavy atom. The average Bonchev–Trinajstić information content (AvgIpc) is 2.42. The maximum Gasteiger partial charge on any atom is 0.411 e. The number of ether oxygens (including phenoxy) is 1. The van der Waals surface area contributed by atoms with Crippen molar-refractivity contribution in [2.75, 3.05) is 5.32 Å². The minimum Gasteiger partial charge on any atom is -0.444 e. The van der Waals surface area contributed by atoms with E-state index in [0.717, 1.165) is 22.4 Å². The van der Waals surface area contributed by atoms with Gasteiger partial charge in [0.2, 0.25) is 0 Å². The van der Waals surface area contributed by atoms with Crippen LogP contribution in [0.4, 0.5) is 10.5 Å². The Kier molecular flexibility index (Phi) is 4.41. The summed E-state index contributed by atoms with van der Waals surface area (Å²) in [4.78, 5) is 11.8. The molecule has 0 atom stereocenters. The first kappa shape index (κ1) is 14.1. The summed E-state index contributed by atoms with van der Waals surface area (Å²) in [6.07, 6.45) is -0.427. The lowest BCUT2D eigenvalue weighted by Gasteiger charge is -2.13. The number of aryl methyl sites for hydroxylation is 3. The second kappa shape index (κ2) is 6.24. The molecule has 0 bridgehead atoms. The summed E-state index contributed by atoms with van der Waals surface area (Å²) in [7, 11) is 0. The van der Waals surface area contributed by atoms with E-state index in [1.165, 1.54) is 5.56 Å². The van der Waals surface area contributed by atoms with Crippen molar-refractivity contribution in [1.82, 2.24) is 0 Å². The van der Waals surface area contributed by atoms with Gasteiger partial charge in [0, 0.05) is 5.69 Å². The second-order valence-corrected chi connectivity index (χ2v) is 4.96. The maximum absolute atomic E-state index is 11.8. The van der Waals surface area contributed by atoms with Crippen LogP contribution >= 0.6 is 0 Å². The fourth-order valence-corrected chi connectivity index (χ4v) is 2.24. The molecule has 20 heavy (non-hydrogen) atoms. The average molecular weight is 269 g/mol. The number of anilines is 1. The number of hydrogen-bond donors (Lipinski definition) is 1. The molecule has 0 spiro atoms. The maximum atomic E-state index is 11.8. The summed E-state index contributed by atoms with van der Waals surface area (Å²) in [5.41, 5.74) is 5.06. The molecule has 1 amide bonds. The number of hydrogen-bond acceptors (Lipinski definition) is 2. The predicted molar refractivity (Wildman–Crippen MR) is 80.9 cm³/mol. The zero-order chi connectivity index (χ0) is 14.5. The van der Waals surface area contributed by atoms with E-state index >= 15 is 0 Å². The molecule has 0 aliphatic heterocycles. The lowest BCUT2D eigenvalue weighted by Crippen LogP contribution is -2.15. The first-order valence-electron chi connectivity index (χ1n) is 6.62. The molecule has 2 rings (SSSR count). The van der Waals surface area contributed by atoms with Gasteiger partial charge in [0.1, 0.15) is 6.61 Å². The third kappa shape index (κ3) is 3.60. The summed E-state index contributed by atoms with van der Waals surface area (Å²) in [6, 6.07) is 13.7. The van der Waals surface area contributed by atoms with Gasteiger partial charge in [0.25, 0.3) is 0 Å². The van der Waals surface area contributed by atoms with Crippen molar-refractivity contribution in [2.24, 2.45) is 0 Å². The first-order valence-corrected chi connectivity index (χ1v) is 6.62. The van der Waals surface area contributed by atoms with Gasteiger partial charge in [-0.2, -0.15) is 0 Å². The second-order valence-electron chi connectivity index (χ2n) is 4.96. The van der Waals surface area contributed by atoms with E-state index in [2.05, 4.69) is 5.32 Å². The van der Waals surface area contributed by atoms with E-state index in [1.54, 1.807) is 0 Å². The van der Waals surface area contributed by atoms with Gasteiger partial charge in [-0.15, -0.1) is 0 Å². The van der Waals surface area contributed by atoms with E-state index in [4.69, 9.17) is 4.74 Å². The Bertz CT molecular complexity index is 583. The van der Waals surface area contributed by atoms with Gasteiger partial charge in [0.15, 0.2) is 0 Å². The van der Waals surface area contributed by atoms with Gasteiger partial charge in [-0.3, -0.25) is 5.32 Å². The molecule has 0 radical (unpaired) electrons. The molecule has 3 nitrogen and oxygen atoms in total. The molecule has 2 aromatic carbocycles. The van der Waals surface area contributed by atoms with Crippen LogP contribution in [0, 0.1) is 20.8 Å². The van der Waals surface area contributed by atoms with Crippen molar-refractivity contribution < 1.29 is 9.53 Å². The molecule has 1 N–H and O–H groups in total. The number of nitrogens with one attached hydrogen (secondary N) is 1. The van der Waals surface area contributed by atoms with Crippen LogP contribution in [0.3, 0.4) is 0 Å². The quantitative estimate of drug-likeness (QED) is 0.899. The number of amides is 1. The van der Waals surface area contributed by atoms with Crippen LogP contribution in [-0.2, 0) is 11.3 Å². The summed E-state index contributed by atoms with van der Waals surface area (Å²) in [5, 5.41) is 2.81. The van der Waals surface area contributed by atoms with Gasteiger partial charge in [-0.25, -0.2) is 4.79 Å². The van der Waals surface area contributed by atoms with E-state index < -0.39 is 6.09 Å². The van der Waals surface area contributed by atoms with Crippen LogP contribution in [-0.4, -0.2) is 6.09 Å². The Morgan fingerprint density at radius 3 is 2.25 bits per heavy atom. The number of benzene rings is 2. The highest BCUT2D eigenvalue weighted by Crippen LogP contribution is 2.22. The van der Waals surface area contributed by atoms with Crippen LogP contribution in [0.5, 0.6) is 0 Å². The SMILES string of the molecule is Cc1cc(C)c(NC(=O)OCc2ccccc2)c(C)c1. The number of rotatable bonds is 3. The molecule has 0 aliphatic rings. The fraction of sp³-hybridized carbons (Fsp3) is 0.235. The van der Waals surface area contributed by atoms with Crippen molar-refractivity contribution in [2.45, 2.75) is 27.4 Å². The van der Waals surface area contributed by atoms with E-state index in [9.17, 15) is 4.79 Å². The molecule has 0 saturated carbocycles. The van der Waals surface area contributed by atoms with Crippen molar-refractivity contribution in [3.8, 4) is 0 Å². The van der Waals surface area contributed by atoms with Crippen LogP contribution < -0.4 is 5.32 Å². The topological polar surface area (TPSA) is 38.3 Å². The number of carbonyl (C=O) groups excluding carboxylic acids is 1. The van der Waals surface area contributed by atoms with E-state index in [0.29, 0.717) is 0 Å². The lowest BCUT2D eigenvalue weighted by molar-refractivity contribution is 0.155. The molecule has 0 saturated heterocycles. The van der Waals surface area contributed by atoms with Crippen LogP contribution in [0.25, 0.3) is 0 Å². The molecule has 0 heterocycles. The highest BCUT2D eigenvalue weighted by atomic mass is 16.5. The molecule has 0 aliphatic carbocycles. The van der Waals surface area contributed by atoms with Crippen molar-refractivity contribution in [3.05, 3.63) is 64.7 Å². The van der Waals surface area contributed by atoms with Gasteiger partial charge in [0.05, 0.1) is 0 Å². The third-order valence-electron chi connectivity index (χ3n) is 3.12. The predicted octanol–water partition coefficient (Wildman–Crippen LogP) is 4.36. The largest absolute Gasteiger partial charge is 0.444 e. The molecule has 2 aromatic rings. The van der Waals surface area contributed by atoms with Gasteiger partial charge >= 0.3 is 6.09 Å². The van der Waals surface area contributed by atoms with E-state index in [1.807, 2.05) is 63.2 Å². The van der Waals surface area contributed by atoms with Crippen LogP contribution in [0.1, 0.15) is 22.3 Å². The molecule has 0 unspecified atom stereocenters.